The number of fused-ring (bicyclic) bond motifs is 2. The number of hydrogen-bond acceptors (Lipinski definition) is 7. The van der Waals surface area contributed by atoms with E-state index in [4.69, 9.17) is 14.2 Å². The summed E-state index contributed by atoms with van der Waals surface area (Å²) in [6.07, 6.45) is 0.351. The van der Waals surface area contributed by atoms with Gasteiger partial charge in [-0.3, -0.25) is 10.1 Å². The van der Waals surface area contributed by atoms with E-state index in [2.05, 4.69) is 0 Å². The average molecular weight is 333 g/mol. The summed E-state index contributed by atoms with van der Waals surface area (Å²) in [6.45, 7) is 0.240. The molecule has 24 heavy (non-hydrogen) atoms. The number of benzene rings is 1. The van der Waals surface area contributed by atoms with Crippen molar-refractivity contribution in [3.8, 4) is 11.5 Å². The van der Waals surface area contributed by atoms with Crippen LogP contribution in [0.3, 0.4) is 0 Å². The number of carbonyl (C=O) groups is 1. The van der Waals surface area contributed by atoms with Crippen LogP contribution in [0.15, 0.2) is 29.5 Å². The molecule has 0 spiro atoms. The molecule has 1 aliphatic carbocycles. The van der Waals surface area contributed by atoms with Crippen LogP contribution in [0.2, 0.25) is 0 Å². The maximum Gasteiger partial charge on any atom is 0.337 e. The lowest BCUT2D eigenvalue weighted by atomic mass is 9.71. The molecule has 3 aliphatic rings. The molecule has 0 aromatic heterocycles. The summed E-state index contributed by atoms with van der Waals surface area (Å²) in [5.41, 5.74) is 0.741. The number of aliphatic hydroxyl groups is 1. The third-order valence-electron chi connectivity index (χ3n) is 4.87. The number of ether oxygens (including phenoxy) is 3. The highest BCUT2D eigenvalue weighted by Gasteiger charge is 2.51. The monoisotopic (exact) mass is 333 g/mol. The Balaban J connectivity index is 1.77. The fourth-order valence-corrected chi connectivity index (χ4v) is 3.80. The summed E-state index contributed by atoms with van der Waals surface area (Å²) in [5.74, 6) is -0.842. The summed E-state index contributed by atoms with van der Waals surface area (Å²) < 4.78 is 15.5. The lowest BCUT2D eigenvalue weighted by Crippen LogP contribution is -2.44. The number of rotatable bonds is 2. The van der Waals surface area contributed by atoms with Gasteiger partial charge in [0.15, 0.2) is 11.5 Å². The van der Waals surface area contributed by atoms with Gasteiger partial charge in [0.1, 0.15) is 5.76 Å². The van der Waals surface area contributed by atoms with E-state index in [1.807, 2.05) is 0 Å². The molecule has 1 aromatic rings. The Bertz CT molecular complexity index is 757. The van der Waals surface area contributed by atoms with Crippen molar-refractivity contribution in [3.63, 3.8) is 0 Å². The number of aliphatic hydroxyl groups excluding tert-OH is 1. The van der Waals surface area contributed by atoms with Crippen LogP contribution < -0.4 is 9.47 Å². The van der Waals surface area contributed by atoms with Crippen molar-refractivity contribution in [1.29, 1.82) is 0 Å². The lowest BCUT2D eigenvalue weighted by Gasteiger charge is -2.35. The Morgan fingerprint density at radius 3 is 2.75 bits per heavy atom. The summed E-state index contributed by atoms with van der Waals surface area (Å²) >= 11 is 0. The Kier molecular flexibility index (Phi) is 3.33. The van der Waals surface area contributed by atoms with Crippen molar-refractivity contribution in [2.75, 3.05) is 13.4 Å². The van der Waals surface area contributed by atoms with Gasteiger partial charge in [-0.05, 0) is 24.1 Å². The quantitative estimate of drug-likeness (QED) is 0.500. The van der Waals surface area contributed by atoms with Crippen molar-refractivity contribution in [1.82, 2.24) is 0 Å². The molecule has 0 unspecified atom stereocenters. The van der Waals surface area contributed by atoms with Crippen LogP contribution in [0.1, 0.15) is 24.3 Å². The lowest BCUT2D eigenvalue weighted by molar-refractivity contribution is -0.536. The van der Waals surface area contributed by atoms with Crippen LogP contribution in [-0.4, -0.2) is 35.4 Å². The number of carbonyl (C=O) groups excluding carboxylic acids is 1. The van der Waals surface area contributed by atoms with Gasteiger partial charge >= 0.3 is 5.97 Å². The molecule has 1 N–H and O–H groups in total. The van der Waals surface area contributed by atoms with Crippen LogP contribution >= 0.6 is 0 Å². The molecule has 2 aliphatic heterocycles. The Hall–Kier alpha value is -2.77. The van der Waals surface area contributed by atoms with Crippen LogP contribution in [0.25, 0.3) is 0 Å². The zero-order chi connectivity index (χ0) is 16.8. The van der Waals surface area contributed by atoms with E-state index in [9.17, 15) is 20.0 Å². The number of allylic oxidation sites excluding steroid dienone is 1. The summed E-state index contributed by atoms with van der Waals surface area (Å²) in [4.78, 5) is 23.3. The van der Waals surface area contributed by atoms with Crippen molar-refractivity contribution >= 4 is 5.97 Å². The topological polar surface area (TPSA) is 108 Å². The zero-order valence-corrected chi connectivity index (χ0v) is 12.6. The second-order valence-corrected chi connectivity index (χ2v) is 6.09. The molecule has 8 nitrogen and oxygen atoms in total. The normalized spacial score (nSPS) is 28.3. The molecule has 4 rings (SSSR count). The van der Waals surface area contributed by atoms with E-state index in [-0.39, 0.29) is 36.1 Å². The molecule has 1 fully saturated rings. The predicted octanol–water partition coefficient (Wildman–Crippen LogP) is 1.92. The fourth-order valence-electron chi connectivity index (χ4n) is 3.80. The Morgan fingerprint density at radius 1 is 1.17 bits per heavy atom. The minimum Gasteiger partial charge on any atom is -0.512 e. The SMILES string of the molecule is O=C1OCC[C@@H]2C1=C(O)C[C@@H](c1ccc3c(c1)OCO3)[C@H]2[N+](=O)[O-]. The van der Waals surface area contributed by atoms with E-state index in [0.717, 1.165) is 0 Å². The predicted molar refractivity (Wildman–Crippen MR) is 79.4 cm³/mol. The number of esters is 1. The number of cyclic esters (lactones) is 1. The molecular formula is C16H15NO7. The molecular weight excluding hydrogens is 318 g/mol. The summed E-state index contributed by atoms with van der Waals surface area (Å²) in [7, 11) is 0. The van der Waals surface area contributed by atoms with Crippen molar-refractivity contribution in [3.05, 3.63) is 45.2 Å². The van der Waals surface area contributed by atoms with E-state index in [1.54, 1.807) is 18.2 Å². The third-order valence-corrected chi connectivity index (χ3v) is 4.87. The number of nitro groups is 1. The first-order valence-corrected chi connectivity index (χ1v) is 7.68. The van der Waals surface area contributed by atoms with Gasteiger partial charge in [0, 0.05) is 11.3 Å². The highest BCUT2D eigenvalue weighted by molar-refractivity contribution is 5.90. The van der Waals surface area contributed by atoms with Gasteiger partial charge in [0.25, 0.3) is 0 Å². The molecule has 8 heteroatoms. The van der Waals surface area contributed by atoms with Gasteiger partial charge < -0.3 is 19.3 Å². The van der Waals surface area contributed by atoms with Crippen molar-refractivity contribution in [2.45, 2.75) is 24.8 Å². The standard InChI is InChI=1S/C16H15NO7/c18-11-6-10(8-1-2-12-13(5-8)24-7-23-12)15(17(20)21)9-3-4-22-16(19)14(9)11/h1-2,5,9-10,15,18H,3-4,6-7H2/t9-,10+,15+/m1/s1. The first-order chi connectivity index (χ1) is 11.6. The minimum atomic E-state index is -0.996. The smallest absolute Gasteiger partial charge is 0.337 e. The summed E-state index contributed by atoms with van der Waals surface area (Å²) in [6, 6.07) is 4.17. The van der Waals surface area contributed by atoms with Gasteiger partial charge in [0.2, 0.25) is 12.8 Å². The maximum atomic E-state index is 11.9. The van der Waals surface area contributed by atoms with Crippen molar-refractivity contribution in [2.24, 2.45) is 5.92 Å². The first-order valence-electron chi connectivity index (χ1n) is 7.68. The highest BCUT2D eigenvalue weighted by atomic mass is 16.7. The van der Waals surface area contributed by atoms with E-state index in [1.165, 1.54) is 0 Å². The van der Waals surface area contributed by atoms with Crippen molar-refractivity contribution < 1.29 is 29.0 Å². The average Bonchev–Trinajstić information content (AvgIpc) is 3.01. The van der Waals surface area contributed by atoms with Crippen LogP contribution in [0.4, 0.5) is 0 Å². The zero-order valence-electron chi connectivity index (χ0n) is 12.6. The number of nitrogens with zero attached hydrogens (tertiary/aromatic N) is 1. The third kappa shape index (κ3) is 2.17. The largest absolute Gasteiger partial charge is 0.512 e. The Morgan fingerprint density at radius 2 is 1.96 bits per heavy atom. The molecule has 1 saturated heterocycles. The van der Waals surface area contributed by atoms with Gasteiger partial charge in [-0.2, -0.15) is 0 Å². The molecule has 0 amide bonds. The molecule has 2 heterocycles. The van der Waals surface area contributed by atoms with E-state index >= 15 is 0 Å². The molecule has 0 saturated carbocycles. The van der Waals surface area contributed by atoms with E-state index in [0.29, 0.717) is 23.5 Å². The van der Waals surface area contributed by atoms with Crippen LogP contribution in [0.5, 0.6) is 11.5 Å². The van der Waals surface area contributed by atoms with Gasteiger partial charge in [-0.15, -0.1) is 0 Å². The maximum absolute atomic E-state index is 11.9. The fraction of sp³-hybridized carbons (Fsp3) is 0.438. The van der Waals surface area contributed by atoms with Crippen LogP contribution in [-0.2, 0) is 9.53 Å². The van der Waals surface area contributed by atoms with Gasteiger partial charge in [0.05, 0.1) is 24.0 Å². The minimum absolute atomic E-state index is 0.0201. The second-order valence-electron chi connectivity index (χ2n) is 6.09. The molecule has 0 bridgehead atoms. The second kappa shape index (κ2) is 5.40. The van der Waals surface area contributed by atoms with Gasteiger partial charge in [-0.1, -0.05) is 6.07 Å². The van der Waals surface area contributed by atoms with E-state index < -0.39 is 23.8 Å². The first kappa shape index (κ1) is 14.8. The molecule has 0 radical (unpaired) electrons. The molecule has 3 atom stereocenters. The number of hydrogen-bond donors (Lipinski definition) is 1. The summed E-state index contributed by atoms with van der Waals surface area (Å²) in [5, 5.41) is 22.0. The molecule has 1 aromatic carbocycles. The van der Waals surface area contributed by atoms with Gasteiger partial charge in [-0.25, -0.2) is 4.79 Å². The highest BCUT2D eigenvalue weighted by Crippen LogP contribution is 2.45. The van der Waals surface area contributed by atoms with Crippen LogP contribution in [0, 0.1) is 16.0 Å². The Labute approximate surface area is 136 Å². The molecule has 126 valence electrons.